The van der Waals surface area contributed by atoms with E-state index in [1.807, 2.05) is 0 Å². The molecular weight excluding hydrogens is 320 g/mol. The van der Waals surface area contributed by atoms with Crippen molar-refractivity contribution in [1.29, 1.82) is 0 Å². The first kappa shape index (κ1) is 23.9. The van der Waals surface area contributed by atoms with Gasteiger partial charge in [0.25, 0.3) is 0 Å². The van der Waals surface area contributed by atoms with Crippen LogP contribution in [0.15, 0.2) is 0 Å². The molecule has 0 unspecified atom stereocenters. The number of aliphatic hydroxyl groups is 1. The lowest BCUT2D eigenvalue weighted by atomic mass is 10.1. The summed E-state index contributed by atoms with van der Waals surface area (Å²) in [6.07, 6.45) is 12.0. The van der Waals surface area contributed by atoms with Crippen LogP contribution in [0.2, 0.25) is 0 Å². The molecule has 0 aromatic carbocycles. The molecule has 1 atom stereocenters. The monoisotopic (exact) mass is 358 g/mol. The molecule has 0 aromatic rings. The molecule has 5 nitrogen and oxygen atoms in total. The lowest BCUT2D eigenvalue weighted by molar-refractivity contribution is -0.161. The van der Waals surface area contributed by atoms with Crippen LogP contribution >= 0.6 is 0 Å². The molecule has 0 radical (unpaired) electrons. The summed E-state index contributed by atoms with van der Waals surface area (Å²) in [6, 6.07) is 0. The molecule has 0 saturated heterocycles. The largest absolute Gasteiger partial charge is 0.462 e. The summed E-state index contributed by atoms with van der Waals surface area (Å²) in [4.78, 5) is 23.4. The average Bonchev–Trinajstić information content (AvgIpc) is 2.61. The number of rotatable bonds is 17. The Morgan fingerprint density at radius 2 is 1.24 bits per heavy atom. The number of esters is 2. The van der Waals surface area contributed by atoms with E-state index < -0.39 is 6.10 Å². The summed E-state index contributed by atoms with van der Waals surface area (Å²) in [5.41, 5.74) is 0. The van der Waals surface area contributed by atoms with Crippen LogP contribution in [0.5, 0.6) is 0 Å². The number of carbonyl (C=O) groups excluding carboxylic acids is 2. The lowest BCUT2D eigenvalue weighted by Gasteiger charge is -2.15. The molecule has 0 fully saturated rings. The van der Waals surface area contributed by atoms with Crippen LogP contribution < -0.4 is 0 Å². The Kier molecular flexibility index (Phi) is 16.9. The van der Waals surface area contributed by atoms with Crippen LogP contribution in [0.3, 0.4) is 0 Å². The summed E-state index contributed by atoms with van der Waals surface area (Å²) in [5, 5.41) is 9.26. The predicted molar refractivity (Wildman–Crippen MR) is 99.3 cm³/mol. The van der Waals surface area contributed by atoms with Crippen molar-refractivity contribution in [3.05, 3.63) is 0 Å². The van der Waals surface area contributed by atoms with Crippen LogP contribution in [-0.4, -0.2) is 36.4 Å². The molecule has 0 saturated carbocycles. The molecule has 0 amide bonds. The normalized spacial score (nSPS) is 12.0. The summed E-state index contributed by atoms with van der Waals surface area (Å²) < 4.78 is 10.3. The Hall–Kier alpha value is -1.10. The molecule has 1 N–H and O–H groups in total. The van der Waals surface area contributed by atoms with E-state index in [1.165, 1.54) is 32.1 Å². The molecule has 0 aliphatic carbocycles. The zero-order chi connectivity index (χ0) is 18.8. The Balaban J connectivity index is 3.71. The van der Waals surface area contributed by atoms with Gasteiger partial charge in [-0.3, -0.25) is 9.59 Å². The van der Waals surface area contributed by atoms with Gasteiger partial charge in [-0.25, -0.2) is 0 Å². The van der Waals surface area contributed by atoms with Gasteiger partial charge < -0.3 is 14.6 Å². The molecule has 0 heterocycles. The van der Waals surface area contributed by atoms with Crippen LogP contribution in [0, 0.1) is 0 Å². The van der Waals surface area contributed by atoms with E-state index in [2.05, 4.69) is 13.8 Å². The van der Waals surface area contributed by atoms with Gasteiger partial charge in [-0.1, -0.05) is 71.6 Å². The predicted octanol–water partition coefficient (Wildman–Crippen LogP) is 4.54. The molecule has 148 valence electrons. The van der Waals surface area contributed by atoms with Crippen molar-refractivity contribution >= 4 is 11.9 Å². The smallest absolute Gasteiger partial charge is 0.306 e. The van der Waals surface area contributed by atoms with Crippen molar-refractivity contribution in [2.75, 3.05) is 13.2 Å². The minimum atomic E-state index is -0.753. The van der Waals surface area contributed by atoms with Crippen molar-refractivity contribution in [1.82, 2.24) is 0 Å². The summed E-state index contributed by atoms with van der Waals surface area (Å²) in [7, 11) is 0. The highest BCUT2D eigenvalue weighted by Gasteiger charge is 2.15. The standard InChI is InChI=1S/C20H38O5/c1-3-5-7-9-11-12-14-19(22)24-17-18(16-21)25-20(23)15-13-10-8-6-4-2/h18,21H,3-17H2,1-2H3/t18-/m0/s1. The van der Waals surface area contributed by atoms with Crippen LogP contribution in [-0.2, 0) is 19.1 Å². The molecule has 5 heteroatoms. The SMILES string of the molecule is CCCCCCCCC(=O)OC[C@H](CO)OC(=O)CCCCCCC. The van der Waals surface area contributed by atoms with Gasteiger partial charge in [-0.2, -0.15) is 0 Å². The second-order valence-corrected chi connectivity index (χ2v) is 6.66. The van der Waals surface area contributed by atoms with Gasteiger partial charge in [0, 0.05) is 12.8 Å². The molecule has 25 heavy (non-hydrogen) atoms. The van der Waals surface area contributed by atoms with Gasteiger partial charge in [0.1, 0.15) is 6.61 Å². The highest BCUT2D eigenvalue weighted by molar-refractivity contribution is 5.70. The van der Waals surface area contributed by atoms with Crippen LogP contribution in [0.4, 0.5) is 0 Å². The number of carbonyl (C=O) groups is 2. The zero-order valence-corrected chi connectivity index (χ0v) is 16.3. The van der Waals surface area contributed by atoms with E-state index in [0.717, 1.165) is 38.5 Å². The van der Waals surface area contributed by atoms with E-state index >= 15 is 0 Å². The number of hydrogen-bond donors (Lipinski definition) is 1. The fraction of sp³-hybridized carbons (Fsp3) is 0.900. The Morgan fingerprint density at radius 3 is 1.76 bits per heavy atom. The molecule has 0 aromatic heterocycles. The van der Waals surface area contributed by atoms with Crippen LogP contribution in [0.25, 0.3) is 0 Å². The maximum absolute atomic E-state index is 11.7. The third kappa shape index (κ3) is 16.1. The number of unbranched alkanes of at least 4 members (excludes halogenated alkanes) is 9. The molecule has 0 aliphatic rings. The number of hydrogen-bond acceptors (Lipinski definition) is 5. The van der Waals surface area contributed by atoms with Gasteiger partial charge in [0.15, 0.2) is 6.10 Å². The lowest BCUT2D eigenvalue weighted by Crippen LogP contribution is -2.28. The van der Waals surface area contributed by atoms with E-state index in [9.17, 15) is 14.7 Å². The summed E-state index contributed by atoms with van der Waals surface area (Å²) >= 11 is 0. The van der Waals surface area contributed by atoms with Gasteiger partial charge >= 0.3 is 11.9 Å². The number of aliphatic hydroxyl groups excluding tert-OH is 1. The van der Waals surface area contributed by atoms with Gasteiger partial charge in [-0.05, 0) is 12.8 Å². The third-order valence-corrected chi connectivity index (χ3v) is 4.15. The van der Waals surface area contributed by atoms with Gasteiger partial charge in [0.05, 0.1) is 6.61 Å². The van der Waals surface area contributed by atoms with Crippen molar-refractivity contribution in [2.45, 2.75) is 103 Å². The summed E-state index contributed by atoms with van der Waals surface area (Å²) in [6.45, 7) is 3.93. The van der Waals surface area contributed by atoms with E-state index in [0.29, 0.717) is 12.8 Å². The molecule has 0 spiro atoms. The zero-order valence-electron chi connectivity index (χ0n) is 16.3. The van der Waals surface area contributed by atoms with Gasteiger partial charge in [-0.15, -0.1) is 0 Å². The Morgan fingerprint density at radius 1 is 0.760 bits per heavy atom. The topological polar surface area (TPSA) is 72.8 Å². The molecule has 0 aliphatic heterocycles. The molecule has 0 bridgehead atoms. The van der Waals surface area contributed by atoms with E-state index in [4.69, 9.17) is 9.47 Å². The maximum atomic E-state index is 11.7. The highest BCUT2D eigenvalue weighted by Crippen LogP contribution is 2.09. The number of ether oxygens (including phenoxy) is 2. The Bertz CT molecular complexity index is 330. The van der Waals surface area contributed by atoms with Crippen molar-refractivity contribution in [3.63, 3.8) is 0 Å². The first-order valence-electron chi connectivity index (χ1n) is 10.1. The minimum Gasteiger partial charge on any atom is -0.462 e. The first-order chi connectivity index (χ1) is 12.1. The van der Waals surface area contributed by atoms with E-state index in [-0.39, 0.29) is 25.2 Å². The van der Waals surface area contributed by atoms with Gasteiger partial charge in [0.2, 0.25) is 0 Å². The van der Waals surface area contributed by atoms with E-state index in [1.54, 1.807) is 0 Å². The fourth-order valence-corrected chi connectivity index (χ4v) is 2.55. The molecular formula is C20H38O5. The summed E-state index contributed by atoms with van der Waals surface area (Å²) in [5.74, 6) is -0.618. The van der Waals surface area contributed by atoms with Crippen molar-refractivity contribution in [3.8, 4) is 0 Å². The average molecular weight is 359 g/mol. The fourth-order valence-electron chi connectivity index (χ4n) is 2.55. The first-order valence-corrected chi connectivity index (χ1v) is 10.1. The second kappa shape index (κ2) is 17.7. The quantitative estimate of drug-likeness (QED) is 0.305. The van der Waals surface area contributed by atoms with Crippen LogP contribution in [0.1, 0.15) is 97.3 Å². The minimum absolute atomic E-state index is 0.0628. The Labute approximate surface area is 153 Å². The maximum Gasteiger partial charge on any atom is 0.306 e. The third-order valence-electron chi connectivity index (χ3n) is 4.15. The second-order valence-electron chi connectivity index (χ2n) is 6.66. The molecule has 0 rings (SSSR count). The highest BCUT2D eigenvalue weighted by atomic mass is 16.6. The van der Waals surface area contributed by atoms with Crippen molar-refractivity contribution < 1.29 is 24.2 Å². The van der Waals surface area contributed by atoms with Crippen molar-refractivity contribution in [2.24, 2.45) is 0 Å².